The third-order valence-corrected chi connectivity index (χ3v) is 3.88. The molecule has 1 aromatic carbocycles. The average Bonchev–Trinajstić information content (AvgIpc) is 3.17. The Morgan fingerprint density at radius 2 is 1.83 bits per heavy atom. The van der Waals surface area contributed by atoms with Crippen LogP contribution in [0.5, 0.6) is 0 Å². The van der Waals surface area contributed by atoms with Gasteiger partial charge in [-0.15, -0.1) is 0 Å². The van der Waals surface area contributed by atoms with E-state index in [9.17, 15) is 13.2 Å². The first-order chi connectivity index (χ1) is 11.5. The van der Waals surface area contributed by atoms with E-state index in [1.807, 2.05) is 6.92 Å². The van der Waals surface area contributed by atoms with Crippen LogP contribution in [0.2, 0.25) is 0 Å². The molecule has 0 radical (unpaired) electrons. The molecule has 122 valence electrons. The number of alkyl halides is 3. The van der Waals surface area contributed by atoms with Crippen molar-refractivity contribution in [2.45, 2.75) is 19.6 Å². The van der Waals surface area contributed by atoms with Gasteiger partial charge in [0.05, 0.1) is 22.5 Å². The SMILES string of the molecule is CCn1ncc2c3noc(-c4ccc(C(F)(F)F)cc4)c3cnc21. The van der Waals surface area contributed by atoms with E-state index in [-0.39, 0.29) is 0 Å². The van der Waals surface area contributed by atoms with Crippen LogP contribution in [0.1, 0.15) is 12.5 Å². The van der Waals surface area contributed by atoms with Gasteiger partial charge in [-0.25, -0.2) is 9.67 Å². The first-order valence-corrected chi connectivity index (χ1v) is 7.26. The third kappa shape index (κ3) is 2.14. The minimum Gasteiger partial charge on any atom is -0.355 e. The normalized spacial score (nSPS) is 12.3. The third-order valence-electron chi connectivity index (χ3n) is 3.88. The number of pyridine rings is 1. The van der Waals surface area contributed by atoms with Crippen molar-refractivity contribution in [2.24, 2.45) is 0 Å². The second-order valence-electron chi connectivity index (χ2n) is 5.30. The highest BCUT2D eigenvalue weighted by Gasteiger charge is 2.30. The summed E-state index contributed by atoms with van der Waals surface area (Å²) in [6.07, 6.45) is -1.10. The Balaban J connectivity index is 1.86. The second kappa shape index (κ2) is 5.05. The molecule has 0 aliphatic heterocycles. The van der Waals surface area contributed by atoms with Crippen LogP contribution in [0.25, 0.3) is 33.3 Å². The van der Waals surface area contributed by atoms with Crippen LogP contribution >= 0.6 is 0 Å². The van der Waals surface area contributed by atoms with Crippen LogP contribution in [0.15, 0.2) is 41.2 Å². The van der Waals surface area contributed by atoms with Gasteiger partial charge in [-0.2, -0.15) is 18.3 Å². The summed E-state index contributed by atoms with van der Waals surface area (Å²) in [7, 11) is 0. The van der Waals surface area contributed by atoms with Crippen molar-refractivity contribution < 1.29 is 17.7 Å². The van der Waals surface area contributed by atoms with E-state index >= 15 is 0 Å². The zero-order valence-electron chi connectivity index (χ0n) is 12.5. The average molecular weight is 332 g/mol. The predicted octanol–water partition coefficient (Wildman–Crippen LogP) is 4.28. The molecular formula is C16H11F3N4O. The predicted molar refractivity (Wildman–Crippen MR) is 81.2 cm³/mol. The molecule has 0 aliphatic rings. The van der Waals surface area contributed by atoms with Gasteiger partial charge in [0.25, 0.3) is 0 Å². The maximum Gasteiger partial charge on any atom is 0.416 e. The second-order valence-corrected chi connectivity index (χ2v) is 5.30. The summed E-state index contributed by atoms with van der Waals surface area (Å²) in [5.41, 5.74) is 1.08. The van der Waals surface area contributed by atoms with Crippen LogP contribution in [0, 0.1) is 0 Å². The molecule has 0 amide bonds. The van der Waals surface area contributed by atoms with Gasteiger partial charge in [-0.3, -0.25) is 0 Å². The monoisotopic (exact) mass is 332 g/mol. The van der Waals surface area contributed by atoms with E-state index in [1.54, 1.807) is 17.1 Å². The fraction of sp³-hybridized carbons (Fsp3) is 0.188. The highest BCUT2D eigenvalue weighted by atomic mass is 19.4. The molecule has 0 saturated carbocycles. The maximum absolute atomic E-state index is 12.7. The van der Waals surface area contributed by atoms with Crippen molar-refractivity contribution in [2.75, 3.05) is 0 Å². The van der Waals surface area contributed by atoms with E-state index in [0.29, 0.717) is 34.4 Å². The number of aromatic nitrogens is 4. The largest absolute Gasteiger partial charge is 0.416 e. The van der Waals surface area contributed by atoms with E-state index in [2.05, 4.69) is 15.2 Å². The van der Waals surface area contributed by atoms with E-state index < -0.39 is 11.7 Å². The summed E-state index contributed by atoms with van der Waals surface area (Å²) in [5, 5.41) is 9.67. The molecule has 3 aromatic heterocycles. The molecule has 0 saturated heterocycles. The van der Waals surface area contributed by atoms with Crippen molar-refractivity contribution in [1.29, 1.82) is 0 Å². The standard InChI is InChI=1S/C16H11F3N4O/c1-2-23-15-12(8-21-23)13-11(7-20-15)14(24-22-13)9-3-5-10(6-4-9)16(17,18)19/h3-8H,2H2,1H3. The van der Waals surface area contributed by atoms with Gasteiger partial charge in [0.2, 0.25) is 0 Å². The van der Waals surface area contributed by atoms with E-state index in [0.717, 1.165) is 17.5 Å². The molecule has 0 bridgehead atoms. The van der Waals surface area contributed by atoms with E-state index in [1.165, 1.54) is 12.1 Å². The molecule has 0 aliphatic carbocycles. The van der Waals surface area contributed by atoms with Crippen molar-refractivity contribution in [3.05, 3.63) is 42.2 Å². The summed E-state index contributed by atoms with van der Waals surface area (Å²) in [4.78, 5) is 4.38. The number of hydrogen-bond acceptors (Lipinski definition) is 4. The lowest BCUT2D eigenvalue weighted by Gasteiger charge is -2.06. The Hall–Kier alpha value is -2.90. The molecule has 5 nitrogen and oxygen atoms in total. The van der Waals surface area contributed by atoms with Crippen LogP contribution in [-0.4, -0.2) is 19.9 Å². The minimum absolute atomic E-state index is 0.386. The highest BCUT2D eigenvalue weighted by molar-refractivity contribution is 6.05. The van der Waals surface area contributed by atoms with Crippen LogP contribution in [0.4, 0.5) is 13.2 Å². The minimum atomic E-state index is -4.37. The van der Waals surface area contributed by atoms with Crippen molar-refractivity contribution in [3.8, 4) is 11.3 Å². The van der Waals surface area contributed by atoms with Crippen LogP contribution in [-0.2, 0) is 12.7 Å². The zero-order chi connectivity index (χ0) is 16.9. The van der Waals surface area contributed by atoms with Gasteiger partial charge < -0.3 is 4.52 Å². The van der Waals surface area contributed by atoms with Crippen LogP contribution < -0.4 is 0 Å². The number of fused-ring (bicyclic) bond motifs is 3. The summed E-state index contributed by atoms with van der Waals surface area (Å²) >= 11 is 0. The molecule has 0 fully saturated rings. The highest BCUT2D eigenvalue weighted by Crippen LogP contribution is 2.34. The van der Waals surface area contributed by atoms with Crippen molar-refractivity contribution in [3.63, 3.8) is 0 Å². The van der Waals surface area contributed by atoms with Gasteiger partial charge in [0, 0.05) is 18.3 Å². The first kappa shape index (κ1) is 14.7. The van der Waals surface area contributed by atoms with Crippen molar-refractivity contribution in [1.82, 2.24) is 19.9 Å². The topological polar surface area (TPSA) is 56.7 Å². The van der Waals surface area contributed by atoms with Gasteiger partial charge in [0.15, 0.2) is 11.4 Å². The summed E-state index contributed by atoms with van der Waals surface area (Å²) < 4.78 is 45.1. The van der Waals surface area contributed by atoms with Crippen LogP contribution in [0.3, 0.4) is 0 Å². The summed E-state index contributed by atoms with van der Waals surface area (Å²) in [6, 6.07) is 4.76. The number of aryl methyl sites for hydroxylation is 1. The van der Waals surface area contributed by atoms with Gasteiger partial charge in [0.1, 0.15) is 5.52 Å². The summed E-state index contributed by atoms with van der Waals surface area (Å²) in [6.45, 7) is 2.63. The van der Waals surface area contributed by atoms with E-state index in [4.69, 9.17) is 4.52 Å². The Labute approximate surface area is 133 Å². The molecule has 8 heteroatoms. The molecule has 0 N–H and O–H groups in total. The number of nitrogens with zero attached hydrogens (tertiary/aromatic N) is 4. The van der Waals surface area contributed by atoms with Crippen molar-refractivity contribution >= 4 is 21.9 Å². The molecule has 3 heterocycles. The maximum atomic E-state index is 12.7. The molecule has 4 rings (SSSR count). The fourth-order valence-electron chi connectivity index (χ4n) is 2.67. The number of rotatable bonds is 2. The number of halogens is 3. The first-order valence-electron chi connectivity index (χ1n) is 7.26. The Morgan fingerprint density at radius 1 is 1.08 bits per heavy atom. The fourth-order valence-corrected chi connectivity index (χ4v) is 2.67. The lowest BCUT2D eigenvalue weighted by atomic mass is 10.1. The molecule has 4 aromatic rings. The van der Waals surface area contributed by atoms with Gasteiger partial charge in [-0.05, 0) is 19.1 Å². The van der Waals surface area contributed by atoms with Gasteiger partial charge in [-0.1, -0.05) is 17.3 Å². The molecule has 0 spiro atoms. The Bertz CT molecular complexity index is 1030. The molecule has 24 heavy (non-hydrogen) atoms. The lowest BCUT2D eigenvalue weighted by molar-refractivity contribution is -0.137. The molecule has 0 unspecified atom stereocenters. The zero-order valence-corrected chi connectivity index (χ0v) is 12.5. The Kier molecular flexibility index (Phi) is 3.09. The molecule has 0 atom stereocenters. The number of benzene rings is 1. The smallest absolute Gasteiger partial charge is 0.355 e. The van der Waals surface area contributed by atoms with Gasteiger partial charge >= 0.3 is 6.18 Å². The summed E-state index contributed by atoms with van der Waals surface area (Å²) in [5.74, 6) is 0.386. The Morgan fingerprint density at radius 3 is 2.50 bits per heavy atom. The number of hydrogen-bond donors (Lipinski definition) is 0. The quantitative estimate of drug-likeness (QED) is 0.550. The lowest BCUT2D eigenvalue weighted by Crippen LogP contribution is -2.03. The molecular weight excluding hydrogens is 321 g/mol.